The lowest BCUT2D eigenvalue weighted by Gasteiger charge is -2.47. The molecule has 2 aliphatic heterocycles. The number of anilines is 1. The van der Waals surface area contributed by atoms with Crippen LogP contribution in [0.4, 0.5) is 14.5 Å². The Bertz CT molecular complexity index is 452. The summed E-state index contributed by atoms with van der Waals surface area (Å²) in [6, 6.07) is 3.85. The molecule has 2 heterocycles. The van der Waals surface area contributed by atoms with Gasteiger partial charge in [-0.2, -0.15) is 0 Å². The second-order valence-electron chi connectivity index (χ2n) is 5.22. The first-order valence-electron chi connectivity index (χ1n) is 6.39. The number of fused-ring (bicyclic) bond motifs is 2. The topological polar surface area (TPSA) is 20.3 Å². The van der Waals surface area contributed by atoms with E-state index in [2.05, 4.69) is 4.90 Å². The van der Waals surface area contributed by atoms with E-state index in [1.165, 1.54) is 12.1 Å². The van der Waals surface area contributed by atoms with Crippen molar-refractivity contribution in [2.75, 3.05) is 4.90 Å². The highest BCUT2D eigenvalue weighted by Gasteiger charge is 2.37. The SMILES string of the molecule is O=C1CC2CCCC(C1)N2c1cc(F)cc(F)c1. The highest BCUT2D eigenvalue weighted by atomic mass is 19.1. The van der Waals surface area contributed by atoms with Crippen LogP contribution >= 0.6 is 0 Å². The summed E-state index contributed by atoms with van der Waals surface area (Å²) >= 11 is 0. The summed E-state index contributed by atoms with van der Waals surface area (Å²) in [5, 5.41) is 0. The van der Waals surface area contributed by atoms with Gasteiger partial charge < -0.3 is 4.90 Å². The van der Waals surface area contributed by atoms with E-state index in [9.17, 15) is 13.6 Å². The fraction of sp³-hybridized carbons (Fsp3) is 0.500. The lowest BCUT2D eigenvalue weighted by molar-refractivity contribution is -0.121. The number of Topliss-reactive ketones (excluding diaryl/α,β-unsaturated/α-hetero) is 1. The lowest BCUT2D eigenvalue weighted by Crippen LogP contribution is -2.52. The molecule has 2 bridgehead atoms. The van der Waals surface area contributed by atoms with Gasteiger partial charge in [0.15, 0.2) is 0 Å². The van der Waals surface area contributed by atoms with Crippen molar-refractivity contribution >= 4 is 11.5 Å². The van der Waals surface area contributed by atoms with Crippen LogP contribution in [0.15, 0.2) is 18.2 Å². The summed E-state index contributed by atoms with van der Waals surface area (Å²) in [5.74, 6) is -0.835. The number of nitrogens with zero attached hydrogens (tertiary/aromatic N) is 1. The first-order chi connectivity index (χ1) is 8.63. The third kappa shape index (κ3) is 2.00. The van der Waals surface area contributed by atoms with Gasteiger partial charge in [0.1, 0.15) is 17.4 Å². The molecular formula is C14H15F2NO. The second kappa shape index (κ2) is 4.34. The number of carbonyl (C=O) groups excluding carboxylic acids is 1. The number of benzene rings is 1. The fourth-order valence-electron chi connectivity index (χ4n) is 3.29. The predicted molar refractivity (Wildman–Crippen MR) is 64.5 cm³/mol. The molecular weight excluding hydrogens is 236 g/mol. The molecule has 18 heavy (non-hydrogen) atoms. The lowest BCUT2D eigenvalue weighted by atomic mass is 9.83. The molecule has 0 aliphatic carbocycles. The van der Waals surface area contributed by atoms with Crippen molar-refractivity contribution in [3.8, 4) is 0 Å². The Labute approximate surface area is 105 Å². The highest BCUT2D eigenvalue weighted by Crippen LogP contribution is 2.36. The molecule has 0 radical (unpaired) electrons. The molecule has 3 rings (SSSR count). The van der Waals surface area contributed by atoms with Crippen LogP contribution in [0, 0.1) is 11.6 Å². The van der Waals surface area contributed by atoms with E-state index in [1.54, 1.807) is 0 Å². The summed E-state index contributed by atoms with van der Waals surface area (Å²) < 4.78 is 26.6. The number of rotatable bonds is 1. The minimum atomic E-state index is -0.556. The third-order valence-corrected chi connectivity index (χ3v) is 3.93. The molecule has 0 aromatic heterocycles. The standard InChI is InChI=1S/C14H15F2NO/c15-9-4-10(16)6-13(5-9)17-11-2-1-3-12(17)8-14(18)7-11/h4-6,11-12H,1-3,7-8H2. The smallest absolute Gasteiger partial charge is 0.137 e. The quantitative estimate of drug-likeness (QED) is 0.764. The van der Waals surface area contributed by atoms with Gasteiger partial charge in [-0.3, -0.25) is 4.79 Å². The summed E-state index contributed by atoms with van der Waals surface area (Å²) in [4.78, 5) is 13.7. The Balaban J connectivity index is 1.97. The summed E-state index contributed by atoms with van der Waals surface area (Å²) in [6.45, 7) is 0. The van der Waals surface area contributed by atoms with Crippen molar-refractivity contribution in [3.63, 3.8) is 0 Å². The van der Waals surface area contributed by atoms with Crippen LogP contribution < -0.4 is 4.90 Å². The molecule has 2 fully saturated rings. The maximum absolute atomic E-state index is 13.3. The van der Waals surface area contributed by atoms with Gasteiger partial charge in [0.05, 0.1) is 0 Å². The minimum absolute atomic E-state index is 0.117. The van der Waals surface area contributed by atoms with Crippen molar-refractivity contribution in [3.05, 3.63) is 29.8 Å². The fourth-order valence-corrected chi connectivity index (χ4v) is 3.29. The van der Waals surface area contributed by atoms with Crippen molar-refractivity contribution in [1.82, 2.24) is 0 Å². The number of hydrogen-bond donors (Lipinski definition) is 0. The van der Waals surface area contributed by atoms with E-state index in [0.29, 0.717) is 18.5 Å². The van der Waals surface area contributed by atoms with Crippen LogP contribution in [0.25, 0.3) is 0 Å². The summed E-state index contributed by atoms with van der Waals surface area (Å²) in [5.41, 5.74) is 0.578. The Kier molecular flexibility index (Phi) is 2.80. The Morgan fingerprint density at radius 1 is 1.00 bits per heavy atom. The zero-order valence-electron chi connectivity index (χ0n) is 10.0. The maximum atomic E-state index is 13.3. The van der Waals surface area contributed by atoms with Gasteiger partial charge in [0, 0.05) is 36.7 Å². The molecule has 1 aromatic rings. The molecule has 1 aromatic carbocycles. The van der Waals surface area contributed by atoms with Crippen LogP contribution in [-0.2, 0) is 4.79 Å². The number of halogens is 2. The summed E-state index contributed by atoms with van der Waals surface area (Å²) in [7, 11) is 0. The average molecular weight is 251 g/mol. The van der Waals surface area contributed by atoms with Crippen LogP contribution in [0.3, 0.4) is 0 Å². The minimum Gasteiger partial charge on any atom is -0.365 e. The normalized spacial score (nSPS) is 27.4. The largest absolute Gasteiger partial charge is 0.365 e. The molecule has 0 amide bonds. The first-order valence-corrected chi connectivity index (χ1v) is 6.39. The van der Waals surface area contributed by atoms with Crippen molar-refractivity contribution in [1.29, 1.82) is 0 Å². The van der Waals surface area contributed by atoms with Gasteiger partial charge in [-0.15, -0.1) is 0 Å². The number of piperidine rings is 2. The molecule has 2 unspecified atom stereocenters. The average Bonchev–Trinajstić information content (AvgIpc) is 2.26. The van der Waals surface area contributed by atoms with Gasteiger partial charge in [0.25, 0.3) is 0 Å². The van der Waals surface area contributed by atoms with Gasteiger partial charge in [-0.05, 0) is 31.4 Å². The van der Waals surface area contributed by atoms with Gasteiger partial charge in [-0.25, -0.2) is 8.78 Å². The first kappa shape index (κ1) is 11.6. The van der Waals surface area contributed by atoms with E-state index in [4.69, 9.17) is 0 Å². The maximum Gasteiger partial charge on any atom is 0.137 e. The Morgan fingerprint density at radius 2 is 1.56 bits per heavy atom. The van der Waals surface area contributed by atoms with Crippen LogP contribution in [0.2, 0.25) is 0 Å². The molecule has 2 atom stereocenters. The molecule has 2 saturated heterocycles. The predicted octanol–water partition coefficient (Wildman–Crippen LogP) is 3.06. The zero-order chi connectivity index (χ0) is 12.7. The molecule has 0 N–H and O–H groups in total. The Morgan fingerprint density at radius 3 is 2.11 bits per heavy atom. The highest BCUT2D eigenvalue weighted by molar-refractivity contribution is 5.82. The van der Waals surface area contributed by atoms with Gasteiger partial charge >= 0.3 is 0 Å². The van der Waals surface area contributed by atoms with Crippen molar-refractivity contribution in [2.24, 2.45) is 0 Å². The van der Waals surface area contributed by atoms with E-state index >= 15 is 0 Å². The molecule has 2 nitrogen and oxygen atoms in total. The number of hydrogen-bond acceptors (Lipinski definition) is 2. The second-order valence-corrected chi connectivity index (χ2v) is 5.22. The molecule has 0 spiro atoms. The molecule has 96 valence electrons. The van der Waals surface area contributed by atoms with E-state index in [1.807, 2.05) is 0 Å². The Hall–Kier alpha value is -1.45. The third-order valence-electron chi connectivity index (χ3n) is 3.93. The molecule has 2 aliphatic rings. The van der Waals surface area contributed by atoms with E-state index < -0.39 is 11.6 Å². The zero-order valence-corrected chi connectivity index (χ0v) is 10.0. The molecule has 0 saturated carbocycles. The number of carbonyl (C=O) groups is 1. The van der Waals surface area contributed by atoms with Crippen LogP contribution in [0.1, 0.15) is 32.1 Å². The van der Waals surface area contributed by atoms with Crippen LogP contribution in [0.5, 0.6) is 0 Å². The molecule has 4 heteroatoms. The van der Waals surface area contributed by atoms with Gasteiger partial charge in [-0.1, -0.05) is 0 Å². The van der Waals surface area contributed by atoms with E-state index in [0.717, 1.165) is 25.3 Å². The monoisotopic (exact) mass is 251 g/mol. The van der Waals surface area contributed by atoms with Crippen molar-refractivity contribution in [2.45, 2.75) is 44.2 Å². The van der Waals surface area contributed by atoms with Crippen LogP contribution in [-0.4, -0.2) is 17.9 Å². The summed E-state index contributed by atoms with van der Waals surface area (Å²) in [6.07, 6.45) is 3.97. The van der Waals surface area contributed by atoms with E-state index in [-0.39, 0.29) is 17.9 Å². The number of ketones is 1. The van der Waals surface area contributed by atoms with Crippen molar-refractivity contribution < 1.29 is 13.6 Å². The van der Waals surface area contributed by atoms with Gasteiger partial charge in [0.2, 0.25) is 0 Å².